The fraction of sp³-hybridized carbons (Fsp3) is 0.929. The van der Waals surface area contributed by atoms with Gasteiger partial charge in [-0.15, -0.1) is 0 Å². The molecule has 0 aromatic carbocycles. The number of Topliss-reactive ketones (excluding diaryl/α,β-unsaturated/α-hetero) is 1. The summed E-state index contributed by atoms with van der Waals surface area (Å²) in [6, 6.07) is 0. The Labute approximate surface area is 100 Å². The van der Waals surface area contributed by atoms with Crippen molar-refractivity contribution in [1.29, 1.82) is 0 Å². The average molecular weight is 225 g/mol. The number of rotatable bonds is 5. The molecule has 1 aliphatic heterocycles. The number of hydrogen-bond donors (Lipinski definition) is 0. The van der Waals surface area contributed by atoms with E-state index >= 15 is 0 Å². The van der Waals surface area contributed by atoms with Crippen LogP contribution in [0.3, 0.4) is 0 Å². The monoisotopic (exact) mass is 225 g/mol. The molecular formula is C14H27NO. The van der Waals surface area contributed by atoms with Gasteiger partial charge in [0, 0.05) is 5.92 Å². The van der Waals surface area contributed by atoms with E-state index in [0.29, 0.717) is 12.3 Å². The van der Waals surface area contributed by atoms with Gasteiger partial charge in [-0.2, -0.15) is 0 Å². The summed E-state index contributed by atoms with van der Waals surface area (Å²) in [5, 5.41) is 0. The van der Waals surface area contributed by atoms with Gasteiger partial charge in [0.15, 0.2) is 0 Å². The minimum absolute atomic E-state index is 0.190. The predicted molar refractivity (Wildman–Crippen MR) is 68.5 cm³/mol. The van der Waals surface area contributed by atoms with Crippen LogP contribution in [0, 0.1) is 11.8 Å². The second kappa shape index (κ2) is 7.05. The molecule has 1 fully saturated rings. The largest absolute Gasteiger partial charge is 0.298 e. The maximum absolute atomic E-state index is 11.7. The quantitative estimate of drug-likeness (QED) is 0.716. The molecule has 0 spiro atoms. The van der Waals surface area contributed by atoms with Crippen LogP contribution < -0.4 is 0 Å². The van der Waals surface area contributed by atoms with Gasteiger partial charge >= 0.3 is 0 Å². The fourth-order valence-corrected chi connectivity index (χ4v) is 2.48. The van der Waals surface area contributed by atoms with E-state index in [-0.39, 0.29) is 5.92 Å². The molecule has 1 saturated heterocycles. The fourth-order valence-electron chi connectivity index (χ4n) is 2.48. The van der Waals surface area contributed by atoms with Crippen molar-refractivity contribution in [2.75, 3.05) is 19.6 Å². The highest BCUT2D eigenvalue weighted by molar-refractivity contribution is 5.82. The Morgan fingerprint density at radius 3 is 2.69 bits per heavy atom. The Morgan fingerprint density at radius 2 is 2.06 bits per heavy atom. The summed E-state index contributed by atoms with van der Waals surface area (Å²) in [5.41, 5.74) is 0. The second-order valence-electron chi connectivity index (χ2n) is 5.48. The van der Waals surface area contributed by atoms with E-state index in [1.165, 1.54) is 32.1 Å². The van der Waals surface area contributed by atoms with Crippen molar-refractivity contribution in [2.45, 2.75) is 52.9 Å². The second-order valence-corrected chi connectivity index (χ2v) is 5.48. The van der Waals surface area contributed by atoms with E-state index in [0.717, 1.165) is 19.0 Å². The summed E-state index contributed by atoms with van der Waals surface area (Å²) in [5.74, 6) is 1.49. The van der Waals surface area contributed by atoms with Crippen LogP contribution in [0.1, 0.15) is 52.9 Å². The number of likely N-dealkylation sites (tertiary alicyclic amines) is 1. The first-order chi connectivity index (χ1) is 7.63. The van der Waals surface area contributed by atoms with Crippen LogP contribution in [0.25, 0.3) is 0 Å². The van der Waals surface area contributed by atoms with E-state index in [4.69, 9.17) is 0 Å². The summed E-state index contributed by atoms with van der Waals surface area (Å²) in [6.07, 6.45) is 6.59. The van der Waals surface area contributed by atoms with Crippen molar-refractivity contribution in [3.8, 4) is 0 Å². The summed E-state index contributed by atoms with van der Waals surface area (Å²) < 4.78 is 0. The zero-order chi connectivity index (χ0) is 12.0. The van der Waals surface area contributed by atoms with Crippen LogP contribution >= 0.6 is 0 Å². The normalized spacial score (nSPS) is 23.4. The highest BCUT2D eigenvalue weighted by atomic mass is 16.1. The van der Waals surface area contributed by atoms with Gasteiger partial charge in [-0.25, -0.2) is 0 Å². The first-order valence-electron chi connectivity index (χ1n) is 6.88. The Kier molecular flexibility index (Phi) is 6.04. The summed E-state index contributed by atoms with van der Waals surface area (Å²) >= 11 is 0. The smallest absolute Gasteiger partial charge is 0.149 e. The molecule has 1 heterocycles. The van der Waals surface area contributed by atoms with Crippen molar-refractivity contribution in [3.05, 3.63) is 0 Å². The standard InChI is InChI=1S/C14H27NO/c1-4-6-13-7-5-9-15(10-8-13)11-14(16)12(2)3/h12-13H,4-11H2,1-3H3. The number of carbonyl (C=O) groups is 1. The highest BCUT2D eigenvalue weighted by Gasteiger charge is 2.19. The lowest BCUT2D eigenvalue weighted by Gasteiger charge is -2.20. The first kappa shape index (κ1) is 13.7. The molecule has 94 valence electrons. The Morgan fingerprint density at radius 1 is 1.31 bits per heavy atom. The van der Waals surface area contributed by atoms with Crippen molar-refractivity contribution >= 4 is 5.78 Å². The third kappa shape index (κ3) is 4.65. The molecule has 0 N–H and O–H groups in total. The molecule has 1 unspecified atom stereocenters. The zero-order valence-corrected chi connectivity index (χ0v) is 11.2. The van der Waals surface area contributed by atoms with Crippen LogP contribution in [0.15, 0.2) is 0 Å². The van der Waals surface area contributed by atoms with Crippen LogP contribution in [0.4, 0.5) is 0 Å². The van der Waals surface area contributed by atoms with Gasteiger partial charge < -0.3 is 0 Å². The topological polar surface area (TPSA) is 20.3 Å². The van der Waals surface area contributed by atoms with E-state index in [1.54, 1.807) is 0 Å². The Bertz CT molecular complexity index is 213. The minimum Gasteiger partial charge on any atom is -0.298 e. The summed E-state index contributed by atoms with van der Waals surface area (Å²) in [4.78, 5) is 14.0. The minimum atomic E-state index is 0.190. The molecule has 0 radical (unpaired) electrons. The summed E-state index contributed by atoms with van der Waals surface area (Å²) in [7, 11) is 0. The summed E-state index contributed by atoms with van der Waals surface area (Å²) in [6.45, 7) is 9.20. The molecule has 0 amide bonds. The number of carbonyl (C=O) groups excluding carboxylic acids is 1. The van der Waals surface area contributed by atoms with Gasteiger partial charge in [-0.05, 0) is 38.3 Å². The van der Waals surface area contributed by atoms with Crippen molar-refractivity contribution < 1.29 is 4.79 Å². The van der Waals surface area contributed by atoms with E-state index in [9.17, 15) is 4.79 Å². The van der Waals surface area contributed by atoms with Crippen molar-refractivity contribution in [1.82, 2.24) is 4.90 Å². The molecule has 0 aromatic heterocycles. The van der Waals surface area contributed by atoms with E-state index < -0.39 is 0 Å². The Hall–Kier alpha value is -0.370. The number of ketones is 1. The highest BCUT2D eigenvalue weighted by Crippen LogP contribution is 2.21. The molecule has 0 saturated carbocycles. The van der Waals surface area contributed by atoms with E-state index in [2.05, 4.69) is 11.8 Å². The van der Waals surface area contributed by atoms with Gasteiger partial charge in [0.25, 0.3) is 0 Å². The van der Waals surface area contributed by atoms with Crippen molar-refractivity contribution in [3.63, 3.8) is 0 Å². The van der Waals surface area contributed by atoms with Crippen LogP contribution in [0.5, 0.6) is 0 Å². The Balaban J connectivity index is 2.32. The molecular weight excluding hydrogens is 198 g/mol. The van der Waals surface area contributed by atoms with E-state index in [1.807, 2.05) is 13.8 Å². The predicted octanol–water partition coefficient (Wildman–Crippen LogP) is 3.11. The maximum atomic E-state index is 11.7. The lowest BCUT2D eigenvalue weighted by Crippen LogP contribution is -2.32. The SMILES string of the molecule is CCCC1CCCN(CC(=O)C(C)C)CC1. The molecule has 0 aromatic rings. The molecule has 2 nitrogen and oxygen atoms in total. The first-order valence-corrected chi connectivity index (χ1v) is 6.88. The van der Waals surface area contributed by atoms with Crippen LogP contribution in [0.2, 0.25) is 0 Å². The molecule has 0 aliphatic carbocycles. The average Bonchev–Trinajstić information content (AvgIpc) is 2.44. The zero-order valence-electron chi connectivity index (χ0n) is 11.2. The molecule has 0 bridgehead atoms. The van der Waals surface area contributed by atoms with Crippen LogP contribution in [-0.4, -0.2) is 30.3 Å². The van der Waals surface area contributed by atoms with Gasteiger partial charge in [0.2, 0.25) is 0 Å². The van der Waals surface area contributed by atoms with Gasteiger partial charge in [0.05, 0.1) is 6.54 Å². The maximum Gasteiger partial charge on any atom is 0.149 e. The third-order valence-corrected chi connectivity index (χ3v) is 3.66. The molecule has 1 rings (SSSR count). The third-order valence-electron chi connectivity index (χ3n) is 3.66. The van der Waals surface area contributed by atoms with Crippen LogP contribution in [-0.2, 0) is 4.79 Å². The lowest BCUT2D eigenvalue weighted by molar-refractivity contribution is -0.123. The molecule has 16 heavy (non-hydrogen) atoms. The van der Waals surface area contributed by atoms with Gasteiger partial charge in [-0.3, -0.25) is 9.69 Å². The molecule has 1 aliphatic rings. The number of nitrogens with zero attached hydrogens (tertiary/aromatic N) is 1. The molecule has 2 heteroatoms. The molecule has 1 atom stereocenters. The van der Waals surface area contributed by atoms with Crippen molar-refractivity contribution in [2.24, 2.45) is 11.8 Å². The van der Waals surface area contributed by atoms with Gasteiger partial charge in [-0.1, -0.05) is 33.6 Å². The number of hydrogen-bond acceptors (Lipinski definition) is 2. The van der Waals surface area contributed by atoms with Gasteiger partial charge in [0.1, 0.15) is 5.78 Å². The lowest BCUT2D eigenvalue weighted by atomic mass is 9.96.